The number of ether oxygens (including phenoxy) is 1. The van der Waals surface area contributed by atoms with E-state index in [1.54, 1.807) is 12.1 Å². The van der Waals surface area contributed by atoms with Crippen molar-refractivity contribution in [1.29, 1.82) is 0 Å². The van der Waals surface area contributed by atoms with E-state index in [0.717, 1.165) is 18.7 Å². The van der Waals surface area contributed by atoms with Crippen molar-refractivity contribution in [2.75, 3.05) is 38.2 Å². The lowest BCUT2D eigenvalue weighted by atomic mass is 10.0. The van der Waals surface area contributed by atoms with Crippen molar-refractivity contribution in [3.05, 3.63) is 69.8 Å². The molecule has 0 saturated carbocycles. The third-order valence-corrected chi connectivity index (χ3v) is 4.76. The van der Waals surface area contributed by atoms with Gasteiger partial charge in [0.15, 0.2) is 5.78 Å². The average molecular weight is 369 g/mol. The number of rotatable bonds is 7. The van der Waals surface area contributed by atoms with Crippen molar-refractivity contribution in [2.45, 2.75) is 13.0 Å². The van der Waals surface area contributed by atoms with Crippen LogP contribution < -0.4 is 5.32 Å². The van der Waals surface area contributed by atoms with Crippen LogP contribution in [0.5, 0.6) is 0 Å². The van der Waals surface area contributed by atoms with Gasteiger partial charge in [-0.15, -0.1) is 0 Å². The Hall–Kier alpha value is -2.77. The number of morpholine rings is 1. The Bertz CT molecular complexity index is 804. The number of carbonyl (C=O) groups is 1. The van der Waals surface area contributed by atoms with Crippen LogP contribution in [0.2, 0.25) is 0 Å². The van der Waals surface area contributed by atoms with Gasteiger partial charge in [0.25, 0.3) is 5.69 Å². The van der Waals surface area contributed by atoms with Crippen LogP contribution in [0, 0.1) is 10.1 Å². The third kappa shape index (κ3) is 4.69. The Morgan fingerprint density at radius 1 is 1.22 bits per heavy atom. The first-order valence-corrected chi connectivity index (χ1v) is 8.96. The van der Waals surface area contributed by atoms with Crippen LogP contribution >= 0.6 is 0 Å². The Kier molecular flexibility index (Phi) is 6.16. The van der Waals surface area contributed by atoms with Crippen molar-refractivity contribution >= 4 is 17.2 Å². The summed E-state index contributed by atoms with van der Waals surface area (Å²) in [5.41, 5.74) is 1.81. The maximum atomic E-state index is 11.5. The predicted molar refractivity (Wildman–Crippen MR) is 103 cm³/mol. The van der Waals surface area contributed by atoms with Gasteiger partial charge in [0.2, 0.25) is 0 Å². The first-order chi connectivity index (χ1) is 13.1. The fraction of sp³-hybridized carbons (Fsp3) is 0.350. The molecule has 1 heterocycles. The van der Waals surface area contributed by atoms with Crippen LogP contribution in [0.15, 0.2) is 48.5 Å². The van der Waals surface area contributed by atoms with E-state index in [2.05, 4.69) is 22.3 Å². The minimum absolute atomic E-state index is 0.0715. The third-order valence-electron chi connectivity index (χ3n) is 4.76. The Labute approximate surface area is 158 Å². The molecule has 142 valence electrons. The van der Waals surface area contributed by atoms with Crippen LogP contribution in [0.4, 0.5) is 11.4 Å². The lowest BCUT2D eigenvalue weighted by Crippen LogP contribution is -2.41. The number of anilines is 1. The average Bonchev–Trinajstić information content (AvgIpc) is 2.69. The molecule has 0 amide bonds. The smallest absolute Gasteiger partial charge is 0.293 e. The summed E-state index contributed by atoms with van der Waals surface area (Å²) in [6.07, 6.45) is 0. The van der Waals surface area contributed by atoms with Gasteiger partial charge in [-0.25, -0.2) is 0 Å². The number of nitrogens with one attached hydrogen (secondary N) is 1. The molecule has 2 aromatic carbocycles. The van der Waals surface area contributed by atoms with Crippen molar-refractivity contribution in [3.63, 3.8) is 0 Å². The summed E-state index contributed by atoms with van der Waals surface area (Å²) in [5, 5.41) is 14.7. The summed E-state index contributed by atoms with van der Waals surface area (Å²) in [6.45, 7) is 4.90. The Balaban J connectivity index is 1.83. The second-order valence-corrected chi connectivity index (χ2v) is 6.50. The van der Waals surface area contributed by atoms with Crippen LogP contribution in [-0.4, -0.2) is 48.5 Å². The highest BCUT2D eigenvalue weighted by atomic mass is 16.6. The number of ketones is 1. The molecule has 7 nitrogen and oxygen atoms in total. The van der Waals surface area contributed by atoms with E-state index in [9.17, 15) is 14.9 Å². The minimum atomic E-state index is -0.457. The highest BCUT2D eigenvalue weighted by Crippen LogP contribution is 2.28. The molecule has 0 aromatic heterocycles. The van der Waals surface area contributed by atoms with Gasteiger partial charge in [0.05, 0.1) is 24.2 Å². The summed E-state index contributed by atoms with van der Waals surface area (Å²) < 4.78 is 5.45. The molecule has 0 bridgehead atoms. The fourth-order valence-electron chi connectivity index (χ4n) is 3.28. The van der Waals surface area contributed by atoms with E-state index >= 15 is 0 Å². The Morgan fingerprint density at radius 2 is 1.93 bits per heavy atom. The van der Waals surface area contributed by atoms with Gasteiger partial charge in [0, 0.05) is 31.3 Å². The molecular formula is C20H23N3O4. The molecule has 1 N–H and O–H groups in total. The van der Waals surface area contributed by atoms with Gasteiger partial charge in [0.1, 0.15) is 5.69 Å². The molecule has 27 heavy (non-hydrogen) atoms. The minimum Gasteiger partial charge on any atom is -0.379 e. The Morgan fingerprint density at radius 3 is 2.56 bits per heavy atom. The molecule has 1 aliphatic rings. The topological polar surface area (TPSA) is 84.7 Å². The number of carbonyl (C=O) groups excluding carboxylic acids is 1. The zero-order valence-electron chi connectivity index (χ0n) is 15.3. The number of benzene rings is 2. The van der Waals surface area contributed by atoms with E-state index in [1.165, 1.54) is 13.0 Å². The van der Waals surface area contributed by atoms with Gasteiger partial charge >= 0.3 is 0 Å². The van der Waals surface area contributed by atoms with Crippen molar-refractivity contribution < 1.29 is 14.5 Å². The quantitative estimate of drug-likeness (QED) is 0.458. The highest BCUT2D eigenvalue weighted by molar-refractivity contribution is 5.95. The SMILES string of the molecule is CC(=O)c1ccc(NC[C@@H](c2ccccc2)N2CCOCC2)c([N+](=O)[O-])c1. The van der Waals surface area contributed by atoms with Gasteiger partial charge < -0.3 is 10.1 Å². The monoisotopic (exact) mass is 369 g/mol. The number of nitro groups is 1. The number of hydrogen-bond donors (Lipinski definition) is 1. The number of Topliss-reactive ketones (excluding diaryl/α,β-unsaturated/α-hetero) is 1. The summed E-state index contributed by atoms with van der Waals surface area (Å²) in [4.78, 5) is 24.8. The summed E-state index contributed by atoms with van der Waals surface area (Å²) in [7, 11) is 0. The molecule has 0 spiro atoms. The molecule has 2 aromatic rings. The second-order valence-electron chi connectivity index (χ2n) is 6.50. The zero-order valence-corrected chi connectivity index (χ0v) is 15.3. The van der Waals surface area contributed by atoms with Gasteiger partial charge in [-0.3, -0.25) is 19.8 Å². The number of nitrogens with zero attached hydrogens (tertiary/aromatic N) is 2. The number of nitro benzene ring substituents is 1. The van der Waals surface area contributed by atoms with Gasteiger partial charge in [-0.1, -0.05) is 30.3 Å². The summed E-state index contributed by atoms with van der Waals surface area (Å²) in [5.74, 6) is -0.194. The highest BCUT2D eigenvalue weighted by Gasteiger charge is 2.24. The summed E-state index contributed by atoms with van der Waals surface area (Å²) >= 11 is 0. The molecule has 7 heteroatoms. The van der Waals surface area contributed by atoms with Crippen molar-refractivity contribution in [2.24, 2.45) is 0 Å². The van der Waals surface area contributed by atoms with Crippen molar-refractivity contribution in [3.8, 4) is 0 Å². The fourth-order valence-corrected chi connectivity index (χ4v) is 3.28. The predicted octanol–water partition coefficient (Wildman–Crippen LogP) is 3.28. The van der Waals surface area contributed by atoms with E-state index in [4.69, 9.17) is 4.74 Å². The van der Waals surface area contributed by atoms with E-state index < -0.39 is 4.92 Å². The molecule has 0 aliphatic carbocycles. The normalized spacial score (nSPS) is 15.9. The van der Waals surface area contributed by atoms with E-state index in [0.29, 0.717) is 31.0 Å². The zero-order chi connectivity index (χ0) is 19.2. The molecule has 1 aliphatic heterocycles. The lowest BCUT2D eigenvalue weighted by Gasteiger charge is -2.35. The summed E-state index contributed by atoms with van der Waals surface area (Å²) in [6, 6.07) is 14.7. The van der Waals surface area contributed by atoms with Crippen LogP contribution in [-0.2, 0) is 4.74 Å². The number of hydrogen-bond acceptors (Lipinski definition) is 6. The molecule has 3 rings (SSSR count). The standard InChI is InChI=1S/C20H23N3O4/c1-15(24)17-7-8-18(19(13-17)23(25)26)21-14-20(16-5-3-2-4-6-16)22-9-11-27-12-10-22/h2-8,13,20-21H,9-12,14H2,1H3/t20-/m0/s1. The maximum absolute atomic E-state index is 11.5. The molecule has 0 radical (unpaired) electrons. The van der Waals surface area contributed by atoms with Crippen LogP contribution in [0.25, 0.3) is 0 Å². The van der Waals surface area contributed by atoms with Crippen LogP contribution in [0.3, 0.4) is 0 Å². The lowest BCUT2D eigenvalue weighted by molar-refractivity contribution is -0.384. The first-order valence-electron chi connectivity index (χ1n) is 8.96. The van der Waals surface area contributed by atoms with E-state index in [1.807, 2.05) is 18.2 Å². The molecule has 0 unspecified atom stereocenters. The van der Waals surface area contributed by atoms with Gasteiger partial charge in [-0.2, -0.15) is 0 Å². The van der Waals surface area contributed by atoms with Crippen LogP contribution in [0.1, 0.15) is 28.9 Å². The van der Waals surface area contributed by atoms with Crippen molar-refractivity contribution in [1.82, 2.24) is 4.90 Å². The maximum Gasteiger partial charge on any atom is 0.293 e. The molecule has 1 saturated heterocycles. The molecule has 1 fully saturated rings. The van der Waals surface area contributed by atoms with E-state index in [-0.39, 0.29) is 17.5 Å². The van der Waals surface area contributed by atoms with Gasteiger partial charge in [-0.05, 0) is 24.6 Å². The second kappa shape index (κ2) is 8.75. The molecule has 1 atom stereocenters. The largest absolute Gasteiger partial charge is 0.379 e. The first kappa shape index (κ1) is 19.0. The molecular weight excluding hydrogens is 346 g/mol.